The summed E-state index contributed by atoms with van der Waals surface area (Å²) in [5, 5.41) is 18.2. The van der Waals surface area contributed by atoms with Gasteiger partial charge in [0.25, 0.3) is 5.95 Å². The molecule has 1 aliphatic rings. The minimum absolute atomic E-state index is 0.0182. The average molecular weight is 379 g/mol. The second kappa shape index (κ2) is 7.65. The smallest absolute Gasteiger partial charge is 0.251 e. The van der Waals surface area contributed by atoms with Gasteiger partial charge in [0.05, 0.1) is 12.1 Å². The third-order valence-electron chi connectivity index (χ3n) is 4.12. The van der Waals surface area contributed by atoms with Gasteiger partial charge in [0.15, 0.2) is 18.3 Å². The number of ether oxygens (including phenoxy) is 1. The highest BCUT2D eigenvalue weighted by molar-refractivity contribution is 6.32. The molecule has 0 spiro atoms. The first-order valence-electron chi connectivity index (χ1n) is 7.81. The second-order valence-electron chi connectivity index (χ2n) is 5.73. The number of ketones is 1. The average Bonchev–Trinajstić information content (AvgIpc) is 3.08. The van der Waals surface area contributed by atoms with Gasteiger partial charge < -0.3 is 9.84 Å². The molecule has 0 saturated heterocycles. The summed E-state index contributed by atoms with van der Waals surface area (Å²) in [5.41, 5.74) is 0.689. The summed E-state index contributed by atoms with van der Waals surface area (Å²) < 4.78 is 19.0. The van der Waals surface area contributed by atoms with Crippen LogP contribution in [0.15, 0.2) is 52.3 Å². The number of hydrogen-bond donors (Lipinski definition) is 1. The Morgan fingerprint density at radius 1 is 1.42 bits per heavy atom. The van der Waals surface area contributed by atoms with Gasteiger partial charge in [0.2, 0.25) is 0 Å². The number of halogens is 2. The highest BCUT2D eigenvalue weighted by Crippen LogP contribution is 2.37. The number of methoxy groups -OCH3 is 1. The molecule has 1 aromatic heterocycles. The van der Waals surface area contributed by atoms with Crippen LogP contribution in [0, 0.1) is 0 Å². The molecule has 0 aliphatic heterocycles. The van der Waals surface area contributed by atoms with Crippen LogP contribution in [-0.4, -0.2) is 27.6 Å². The molecule has 1 unspecified atom stereocenters. The van der Waals surface area contributed by atoms with E-state index in [1.54, 1.807) is 18.2 Å². The SMILES string of the molecule is COc1ccc(C2CC(=O)C(N=Nc3nccn3CF)=C(O)C2)cc1Cl. The Labute approximate surface area is 153 Å². The summed E-state index contributed by atoms with van der Waals surface area (Å²) in [5.74, 6) is -0.189. The van der Waals surface area contributed by atoms with Crippen molar-refractivity contribution < 1.29 is 19.0 Å². The number of aliphatic hydroxyl groups is 1. The van der Waals surface area contributed by atoms with Gasteiger partial charge in [0.1, 0.15) is 11.5 Å². The molecule has 0 fully saturated rings. The van der Waals surface area contributed by atoms with E-state index in [1.165, 1.54) is 19.5 Å². The Balaban J connectivity index is 1.82. The number of rotatable bonds is 5. The molecule has 1 heterocycles. The molecular weight excluding hydrogens is 363 g/mol. The van der Waals surface area contributed by atoms with E-state index in [4.69, 9.17) is 16.3 Å². The van der Waals surface area contributed by atoms with Gasteiger partial charge in [-0.2, -0.15) is 0 Å². The van der Waals surface area contributed by atoms with Gasteiger partial charge in [-0.05, 0) is 23.6 Å². The maximum atomic E-state index is 12.7. The van der Waals surface area contributed by atoms with Crippen molar-refractivity contribution in [1.82, 2.24) is 9.55 Å². The number of Topliss-reactive ketones (excluding diaryl/α,β-unsaturated/α-hetero) is 1. The molecule has 1 aliphatic carbocycles. The van der Waals surface area contributed by atoms with Crippen molar-refractivity contribution in [3.8, 4) is 5.75 Å². The number of carbonyl (C=O) groups is 1. The fourth-order valence-corrected chi connectivity index (χ4v) is 3.03. The molecule has 1 atom stereocenters. The molecule has 2 aromatic rings. The molecule has 1 aromatic carbocycles. The number of nitrogens with zero attached hydrogens (tertiary/aromatic N) is 4. The van der Waals surface area contributed by atoms with E-state index in [1.807, 2.05) is 0 Å². The standard InChI is InChI=1S/C17H16ClFN4O3/c1-26-15-3-2-10(6-12(15)18)11-7-13(24)16(14(25)8-11)21-22-17-20-4-5-23(17)9-19/h2-6,11,24H,7-9H2,1H3. The molecule has 9 heteroatoms. The number of aromatic nitrogens is 2. The molecule has 26 heavy (non-hydrogen) atoms. The highest BCUT2D eigenvalue weighted by Gasteiger charge is 2.29. The number of hydrogen-bond acceptors (Lipinski definition) is 6. The van der Waals surface area contributed by atoms with Crippen LogP contribution in [-0.2, 0) is 11.6 Å². The van der Waals surface area contributed by atoms with Crippen LogP contribution in [0.3, 0.4) is 0 Å². The van der Waals surface area contributed by atoms with Gasteiger partial charge >= 0.3 is 0 Å². The van der Waals surface area contributed by atoms with E-state index in [9.17, 15) is 14.3 Å². The Morgan fingerprint density at radius 3 is 2.88 bits per heavy atom. The Kier molecular flexibility index (Phi) is 5.32. The van der Waals surface area contributed by atoms with E-state index in [2.05, 4.69) is 15.2 Å². The van der Waals surface area contributed by atoms with Crippen molar-refractivity contribution in [2.45, 2.75) is 25.6 Å². The predicted octanol–water partition coefficient (Wildman–Crippen LogP) is 4.47. The predicted molar refractivity (Wildman–Crippen MR) is 92.5 cm³/mol. The van der Waals surface area contributed by atoms with Gasteiger partial charge in [-0.1, -0.05) is 17.7 Å². The molecule has 0 saturated carbocycles. The van der Waals surface area contributed by atoms with E-state index < -0.39 is 6.80 Å². The number of allylic oxidation sites excluding steroid dienone is 2. The number of azo groups is 1. The van der Waals surface area contributed by atoms with Crippen LogP contribution in [0.5, 0.6) is 5.75 Å². The van der Waals surface area contributed by atoms with Crippen LogP contribution in [0.4, 0.5) is 10.3 Å². The summed E-state index contributed by atoms with van der Waals surface area (Å²) in [6.45, 7) is -0.812. The van der Waals surface area contributed by atoms with Gasteiger partial charge in [-0.25, -0.2) is 9.37 Å². The minimum Gasteiger partial charge on any atom is -0.510 e. The van der Waals surface area contributed by atoms with Gasteiger partial charge in [0, 0.05) is 25.2 Å². The normalized spacial score (nSPS) is 18.0. The minimum atomic E-state index is -0.812. The van der Waals surface area contributed by atoms with E-state index in [0.717, 1.165) is 10.1 Å². The topological polar surface area (TPSA) is 89.1 Å². The van der Waals surface area contributed by atoms with Gasteiger partial charge in [-0.3, -0.25) is 9.36 Å². The van der Waals surface area contributed by atoms with Crippen molar-refractivity contribution in [3.05, 3.63) is 52.6 Å². The lowest BCUT2D eigenvalue weighted by molar-refractivity contribution is -0.116. The largest absolute Gasteiger partial charge is 0.510 e. The zero-order chi connectivity index (χ0) is 18.7. The van der Waals surface area contributed by atoms with Gasteiger partial charge in [-0.15, -0.1) is 10.2 Å². The lowest BCUT2D eigenvalue weighted by Crippen LogP contribution is -2.17. The third-order valence-corrected chi connectivity index (χ3v) is 4.41. The lowest BCUT2D eigenvalue weighted by Gasteiger charge is -2.22. The fourth-order valence-electron chi connectivity index (χ4n) is 2.76. The number of imidazole rings is 1. The first-order chi connectivity index (χ1) is 12.5. The second-order valence-corrected chi connectivity index (χ2v) is 6.14. The van der Waals surface area contributed by atoms with Crippen molar-refractivity contribution in [2.24, 2.45) is 10.2 Å². The zero-order valence-corrected chi connectivity index (χ0v) is 14.6. The molecular formula is C17H16ClFN4O3. The van der Waals surface area contributed by atoms with Crippen molar-refractivity contribution in [2.75, 3.05) is 7.11 Å². The lowest BCUT2D eigenvalue weighted by atomic mass is 9.85. The maximum Gasteiger partial charge on any atom is 0.251 e. The van der Waals surface area contributed by atoms with Crippen molar-refractivity contribution >= 4 is 23.3 Å². The Morgan fingerprint density at radius 2 is 2.23 bits per heavy atom. The Hall–Kier alpha value is -2.74. The number of alkyl halides is 1. The third kappa shape index (κ3) is 3.60. The first kappa shape index (κ1) is 18.1. The summed E-state index contributed by atoms with van der Waals surface area (Å²) >= 11 is 6.13. The molecule has 3 rings (SSSR count). The molecule has 0 radical (unpaired) electrons. The Bertz CT molecular complexity index is 894. The summed E-state index contributed by atoms with van der Waals surface area (Å²) in [4.78, 5) is 16.2. The molecule has 7 nitrogen and oxygen atoms in total. The summed E-state index contributed by atoms with van der Waals surface area (Å²) in [7, 11) is 1.52. The van der Waals surface area contributed by atoms with E-state index in [0.29, 0.717) is 10.8 Å². The molecule has 136 valence electrons. The number of carbonyl (C=O) groups excluding carboxylic acids is 1. The highest BCUT2D eigenvalue weighted by atomic mass is 35.5. The van der Waals surface area contributed by atoms with E-state index >= 15 is 0 Å². The fraction of sp³-hybridized carbons (Fsp3) is 0.294. The number of aliphatic hydroxyl groups excluding tert-OH is 1. The number of benzene rings is 1. The zero-order valence-electron chi connectivity index (χ0n) is 13.9. The summed E-state index contributed by atoms with van der Waals surface area (Å²) in [6, 6.07) is 5.24. The first-order valence-corrected chi connectivity index (χ1v) is 8.19. The molecule has 0 bridgehead atoms. The van der Waals surface area contributed by atoms with E-state index in [-0.39, 0.29) is 41.9 Å². The van der Waals surface area contributed by atoms with Crippen LogP contribution in [0.2, 0.25) is 5.02 Å². The van der Waals surface area contributed by atoms with Crippen LogP contribution in [0.1, 0.15) is 24.3 Å². The monoisotopic (exact) mass is 378 g/mol. The molecule has 0 amide bonds. The molecule has 1 N–H and O–H groups in total. The maximum absolute atomic E-state index is 12.7. The van der Waals surface area contributed by atoms with Crippen LogP contribution < -0.4 is 4.74 Å². The van der Waals surface area contributed by atoms with Crippen molar-refractivity contribution in [3.63, 3.8) is 0 Å². The van der Waals surface area contributed by atoms with Crippen LogP contribution >= 0.6 is 11.6 Å². The van der Waals surface area contributed by atoms with Crippen molar-refractivity contribution in [1.29, 1.82) is 0 Å². The quantitative estimate of drug-likeness (QED) is 0.777. The summed E-state index contributed by atoms with van der Waals surface area (Å²) in [6.07, 6.45) is 3.14. The van der Waals surface area contributed by atoms with Crippen LogP contribution in [0.25, 0.3) is 0 Å².